The molecular weight excluding hydrogens is 162 g/mol. The number of rotatable bonds is 1. The number of aromatic nitrogens is 2. The summed E-state index contributed by atoms with van der Waals surface area (Å²) < 4.78 is 1.76. The van der Waals surface area contributed by atoms with Gasteiger partial charge in [0, 0.05) is 13.2 Å². The van der Waals surface area contributed by atoms with Gasteiger partial charge in [0.2, 0.25) is 0 Å². The molecule has 13 heavy (non-hydrogen) atoms. The molecule has 3 nitrogen and oxygen atoms in total. The Balaban J connectivity index is 2.82. The number of hydrogen-bond donors (Lipinski definition) is 1. The van der Waals surface area contributed by atoms with Crippen molar-refractivity contribution in [1.82, 2.24) is 9.78 Å². The second-order valence-electron chi connectivity index (χ2n) is 3.09. The van der Waals surface area contributed by atoms with Crippen LogP contribution in [-0.2, 0) is 7.05 Å². The van der Waals surface area contributed by atoms with Gasteiger partial charge in [0.15, 0.2) is 0 Å². The summed E-state index contributed by atoms with van der Waals surface area (Å²) >= 11 is 0. The van der Waals surface area contributed by atoms with Crippen LogP contribution in [-0.4, -0.2) is 15.8 Å². The van der Waals surface area contributed by atoms with Crippen molar-refractivity contribution in [3.8, 4) is 11.8 Å². The van der Waals surface area contributed by atoms with E-state index >= 15 is 0 Å². The van der Waals surface area contributed by atoms with Crippen molar-refractivity contribution in [2.24, 2.45) is 12.8 Å². The van der Waals surface area contributed by atoms with Crippen molar-refractivity contribution < 1.29 is 0 Å². The van der Waals surface area contributed by atoms with Crippen LogP contribution in [0.5, 0.6) is 0 Å². The van der Waals surface area contributed by atoms with Gasteiger partial charge < -0.3 is 5.73 Å². The molecule has 0 aliphatic heterocycles. The van der Waals surface area contributed by atoms with Crippen molar-refractivity contribution in [2.45, 2.75) is 26.3 Å². The minimum Gasteiger partial charge on any atom is -0.318 e. The second kappa shape index (κ2) is 4.11. The highest BCUT2D eigenvalue weighted by Gasteiger charge is 1.98. The highest BCUT2D eigenvalue weighted by Crippen LogP contribution is 2.01. The molecule has 1 aromatic heterocycles. The topological polar surface area (TPSA) is 43.8 Å². The van der Waals surface area contributed by atoms with E-state index in [9.17, 15) is 0 Å². The largest absolute Gasteiger partial charge is 0.318 e. The van der Waals surface area contributed by atoms with E-state index < -0.39 is 0 Å². The number of nitrogens with zero attached hydrogens (tertiary/aromatic N) is 2. The summed E-state index contributed by atoms with van der Waals surface area (Å²) in [4.78, 5) is 0. The van der Waals surface area contributed by atoms with Crippen molar-refractivity contribution in [3.63, 3.8) is 0 Å². The Morgan fingerprint density at radius 2 is 2.38 bits per heavy atom. The first-order valence-corrected chi connectivity index (χ1v) is 4.41. The molecule has 70 valence electrons. The van der Waals surface area contributed by atoms with Crippen molar-refractivity contribution in [3.05, 3.63) is 17.5 Å². The first-order chi connectivity index (χ1) is 6.13. The van der Waals surface area contributed by atoms with Crippen LogP contribution in [0.15, 0.2) is 6.20 Å². The first-order valence-electron chi connectivity index (χ1n) is 4.41. The minimum absolute atomic E-state index is 0.0281. The number of hydrogen-bond acceptors (Lipinski definition) is 2. The van der Waals surface area contributed by atoms with Crippen LogP contribution < -0.4 is 5.73 Å². The van der Waals surface area contributed by atoms with E-state index in [-0.39, 0.29) is 6.04 Å². The van der Waals surface area contributed by atoms with Gasteiger partial charge in [-0.3, -0.25) is 4.68 Å². The van der Waals surface area contributed by atoms with Crippen LogP contribution in [0.4, 0.5) is 0 Å². The Kier molecular flexibility index (Phi) is 3.10. The van der Waals surface area contributed by atoms with Crippen LogP contribution >= 0.6 is 0 Å². The van der Waals surface area contributed by atoms with Gasteiger partial charge in [-0.25, -0.2) is 0 Å². The van der Waals surface area contributed by atoms with E-state index in [2.05, 4.69) is 16.9 Å². The van der Waals surface area contributed by atoms with Crippen LogP contribution in [0.2, 0.25) is 0 Å². The molecular formula is C10H15N3. The zero-order valence-electron chi connectivity index (χ0n) is 8.33. The van der Waals surface area contributed by atoms with Crippen LogP contribution in [0, 0.1) is 18.8 Å². The third-order valence-corrected chi connectivity index (χ3v) is 1.85. The Morgan fingerprint density at radius 1 is 1.69 bits per heavy atom. The summed E-state index contributed by atoms with van der Waals surface area (Å²) in [7, 11) is 1.89. The molecule has 0 saturated heterocycles. The Labute approximate surface area is 78.9 Å². The molecule has 2 N–H and O–H groups in total. The smallest absolute Gasteiger partial charge is 0.0750 e. The van der Waals surface area contributed by atoms with Crippen LogP contribution in [0.25, 0.3) is 0 Å². The van der Waals surface area contributed by atoms with E-state index in [0.29, 0.717) is 0 Å². The average molecular weight is 177 g/mol. The van der Waals surface area contributed by atoms with Gasteiger partial charge in [-0.05, 0) is 13.3 Å². The molecule has 1 aromatic rings. The predicted molar refractivity (Wildman–Crippen MR) is 53.1 cm³/mol. The van der Waals surface area contributed by atoms with Gasteiger partial charge in [-0.2, -0.15) is 5.10 Å². The van der Waals surface area contributed by atoms with Crippen LogP contribution in [0.1, 0.15) is 24.6 Å². The van der Waals surface area contributed by atoms with Gasteiger partial charge in [-0.1, -0.05) is 18.8 Å². The highest BCUT2D eigenvalue weighted by atomic mass is 15.2. The summed E-state index contributed by atoms with van der Waals surface area (Å²) in [5, 5.41) is 4.19. The van der Waals surface area contributed by atoms with Crippen LogP contribution in [0.3, 0.4) is 0 Å². The monoisotopic (exact) mass is 177 g/mol. The molecule has 0 saturated carbocycles. The summed E-state index contributed by atoms with van der Waals surface area (Å²) in [6.07, 6.45) is 2.79. The van der Waals surface area contributed by atoms with Gasteiger partial charge in [-0.15, -0.1) is 0 Å². The maximum Gasteiger partial charge on any atom is 0.0750 e. The van der Waals surface area contributed by atoms with Gasteiger partial charge >= 0.3 is 0 Å². The minimum atomic E-state index is -0.0281. The zero-order valence-corrected chi connectivity index (χ0v) is 8.33. The zero-order chi connectivity index (χ0) is 9.84. The van der Waals surface area contributed by atoms with Crippen molar-refractivity contribution in [1.29, 1.82) is 0 Å². The van der Waals surface area contributed by atoms with E-state index in [0.717, 1.165) is 17.7 Å². The molecule has 0 amide bonds. The summed E-state index contributed by atoms with van der Waals surface area (Å²) in [6, 6.07) is -0.0281. The number of nitrogens with two attached hydrogens (primary N) is 1. The SMILES string of the molecule is CCC(N)C#Cc1cn(C)nc1C. The fourth-order valence-corrected chi connectivity index (χ4v) is 0.995. The highest BCUT2D eigenvalue weighted by molar-refractivity contribution is 5.36. The third-order valence-electron chi connectivity index (χ3n) is 1.85. The average Bonchev–Trinajstić information content (AvgIpc) is 2.41. The second-order valence-corrected chi connectivity index (χ2v) is 3.09. The molecule has 0 radical (unpaired) electrons. The predicted octanol–water partition coefficient (Wildman–Crippen LogP) is 0.817. The van der Waals surface area contributed by atoms with Crippen molar-refractivity contribution in [2.75, 3.05) is 0 Å². The van der Waals surface area contributed by atoms with Gasteiger partial charge in [0.25, 0.3) is 0 Å². The summed E-state index contributed by atoms with van der Waals surface area (Å²) in [5.74, 6) is 6.00. The molecule has 0 aromatic carbocycles. The third kappa shape index (κ3) is 2.60. The Morgan fingerprint density at radius 3 is 2.85 bits per heavy atom. The van der Waals surface area contributed by atoms with Gasteiger partial charge in [0.1, 0.15) is 0 Å². The normalized spacial score (nSPS) is 12.0. The molecule has 0 bridgehead atoms. The standard InChI is InChI=1S/C10H15N3/c1-4-10(11)6-5-9-7-13(3)12-8(9)2/h7,10H,4,11H2,1-3H3. The van der Waals surface area contributed by atoms with Gasteiger partial charge in [0.05, 0.1) is 17.3 Å². The fraction of sp³-hybridized carbons (Fsp3) is 0.500. The lowest BCUT2D eigenvalue weighted by Gasteiger charge is -1.94. The quantitative estimate of drug-likeness (QED) is 0.645. The lowest BCUT2D eigenvalue weighted by atomic mass is 10.2. The molecule has 1 heterocycles. The molecule has 1 rings (SSSR count). The lowest BCUT2D eigenvalue weighted by Crippen LogP contribution is -2.15. The maximum absolute atomic E-state index is 5.68. The summed E-state index contributed by atoms with van der Waals surface area (Å²) in [6.45, 7) is 3.97. The Hall–Kier alpha value is -1.27. The summed E-state index contributed by atoms with van der Waals surface area (Å²) in [5.41, 5.74) is 7.60. The lowest BCUT2D eigenvalue weighted by molar-refractivity contribution is 0.756. The fourth-order valence-electron chi connectivity index (χ4n) is 0.995. The van der Waals surface area contributed by atoms with E-state index in [4.69, 9.17) is 5.73 Å². The van der Waals surface area contributed by atoms with E-state index in [1.54, 1.807) is 4.68 Å². The molecule has 0 aliphatic carbocycles. The van der Waals surface area contributed by atoms with Crippen molar-refractivity contribution >= 4 is 0 Å². The molecule has 0 spiro atoms. The van der Waals surface area contributed by atoms with E-state index in [1.165, 1.54) is 0 Å². The first kappa shape index (κ1) is 9.82. The molecule has 0 fully saturated rings. The Bertz CT molecular complexity index is 341. The molecule has 1 unspecified atom stereocenters. The molecule has 1 atom stereocenters. The maximum atomic E-state index is 5.68. The number of aryl methyl sites for hydroxylation is 2. The molecule has 3 heteroatoms. The van der Waals surface area contributed by atoms with E-state index in [1.807, 2.05) is 27.1 Å². The molecule has 0 aliphatic rings.